The molecule has 2 saturated heterocycles. The minimum absolute atomic E-state index is 0.497. The fraction of sp³-hybridized carbons (Fsp3) is 0.667. The lowest BCUT2D eigenvalue weighted by Gasteiger charge is -2.35. The molecule has 22 heavy (non-hydrogen) atoms. The van der Waals surface area contributed by atoms with E-state index in [9.17, 15) is 0 Å². The molecule has 122 valence electrons. The second-order valence-electron chi connectivity index (χ2n) is 6.51. The molecule has 0 radical (unpaired) electrons. The van der Waals surface area contributed by atoms with Crippen LogP contribution in [0.25, 0.3) is 0 Å². The summed E-state index contributed by atoms with van der Waals surface area (Å²) in [6.45, 7) is 8.10. The van der Waals surface area contributed by atoms with E-state index >= 15 is 0 Å². The summed E-state index contributed by atoms with van der Waals surface area (Å²) in [5.74, 6) is 0. The second kappa shape index (κ2) is 8.30. The van der Waals surface area contributed by atoms with E-state index in [1.165, 1.54) is 57.5 Å². The molecule has 0 saturated carbocycles. The Balaban J connectivity index is 1.31. The van der Waals surface area contributed by atoms with E-state index < -0.39 is 0 Å². The number of rotatable bonds is 6. The van der Waals surface area contributed by atoms with Gasteiger partial charge in [0.2, 0.25) is 0 Å². The smallest absolute Gasteiger partial charge is 0.0702 e. The van der Waals surface area contributed by atoms with Crippen LogP contribution in [0.2, 0.25) is 5.02 Å². The summed E-state index contributed by atoms with van der Waals surface area (Å²) in [6, 6.07) is 8.26. The van der Waals surface area contributed by atoms with Crippen LogP contribution in [0.3, 0.4) is 0 Å². The first-order valence-corrected chi connectivity index (χ1v) is 8.98. The fourth-order valence-electron chi connectivity index (χ4n) is 3.43. The number of aryl methyl sites for hydroxylation is 1. The van der Waals surface area contributed by atoms with Gasteiger partial charge in [0.25, 0.3) is 0 Å². The van der Waals surface area contributed by atoms with Crippen molar-refractivity contribution in [3.63, 3.8) is 0 Å². The third-order valence-corrected chi connectivity index (χ3v) is 5.06. The number of halogens is 1. The molecular weight excluding hydrogens is 296 g/mol. The summed E-state index contributed by atoms with van der Waals surface area (Å²) in [5, 5.41) is 0.825. The maximum atomic E-state index is 5.92. The Labute approximate surface area is 139 Å². The number of benzene rings is 1. The predicted molar refractivity (Wildman–Crippen MR) is 91.6 cm³/mol. The molecule has 1 aromatic carbocycles. The average Bonchev–Trinajstić information content (AvgIpc) is 3.04. The average molecular weight is 323 g/mol. The molecule has 2 aliphatic rings. The summed E-state index contributed by atoms with van der Waals surface area (Å²) in [5.41, 5.74) is 1.39. The van der Waals surface area contributed by atoms with Crippen LogP contribution in [0, 0.1) is 0 Å². The molecule has 1 atom stereocenters. The number of nitrogens with zero attached hydrogens (tertiary/aromatic N) is 2. The molecule has 0 spiro atoms. The Morgan fingerprint density at radius 1 is 1.05 bits per heavy atom. The van der Waals surface area contributed by atoms with Crippen molar-refractivity contribution >= 4 is 11.6 Å². The van der Waals surface area contributed by atoms with E-state index in [1.54, 1.807) is 0 Å². The number of hydrogen-bond donors (Lipinski definition) is 0. The number of ether oxygens (including phenoxy) is 1. The first kappa shape index (κ1) is 16.3. The second-order valence-corrected chi connectivity index (χ2v) is 6.94. The Bertz CT molecular complexity index is 437. The molecule has 1 aromatic rings. The topological polar surface area (TPSA) is 15.7 Å². The van der Waals surface area contributed by atoms with E-state index in [2.05, 4.69) is 21.9 Å². The van der Waals surface area contributed by atoms with Crippen molar-refractivity contribution in [2.24, 2.45) is 0 Å². The normalized spacial score (nSPS) is 24.0. The SMILES string of the molecule is Clc1ccc(CCCN2CCN(C[C@H]3CCCO3)CC2)cc1. The summed E-state index contributed by atoms with van der Waals surface area (Å²) >= 11 is 5.92. The van der Waals surface area contributed by atoms with Gasteiger partial charge in [-0.2, -0.15) is 0 Å². The van der Waals surface area contributed by atoms with Crippen molar-refractivity contribution < 1.29 is 4.74 Å². The van der Waals surface area contributed by atoms with E-state index in [1.807, 2.05) is 12.1 Å². The third-order valence-electron chi connectivity index (χ3n) is 4.80. The Hall–Kier alpha value is -0.610. The lowest BCUT2D eigenvalue weighted by molar-refractivity contribution is 0.0503. The van der Waals surface area contributed by atoms with Gasteiger partial charge < -0.3 is 9.64 Å². The monoisotopic (exact) mass is 322 g/mol. The zero-order valence-electron chi connectivity index (χ0n) is 13.3. The van der Waals surface area contributed by atoms with Crippen LogP contribution in [0.15, 0.2) is 24.3 Å². The van der Waals surface area contributed by atoms with E-state index in [-0.39, 0.29) is 0 Å². The summed E-state index contributed by atoms with van der Waals surface area (Å²) in [7, 11) is 0. The van der Waals surface area contributed by atoms with E-state index in [4.69, 9.17) is 16.3 Å². The molecule has 0 bridgehead atoms. The first-order valence-electron chi connectivity index (χ1n) is 8.60. The van der Waals surface area contributed by atoms with Crippen LogP contribution in [-0.2, 0) is 11.2 Å². The maximum Gasteiger partial charge on any atom is 0.0702 e. The Morgan fingerprint density at radius 3 is 2.45 bits per heavy atom. The molecule has 0 aromatic heterocycles. The van der Waals surface area contributed by atoms with Crippen LogP contribution >= 0.6 is 11.6 Å². The van der Waals surface area contributed by atoms with Crippen molar-refractivity contribution in [1.29, 1.82) is 0 Å². The molecule has 0 N–H and O–H groups in total. The van der Waals surface area contributed by atoms with Gasteiger partial charge in [-0.15, -0.1) is 0 Å². The van der Waals surface area contributed by atoms with E-state index in [0.29, 0.717) is 6.10 Å². The van der Waals surface area contributed by atoms with Gasteiger partial charge in [-0.25, -0.2) is 0 Å². The van der Waals surface area contributed by atoms with Crippen molar-refractivity contribution in [2.75, 3.05) is 45.9 Å². The number of hydrogen-bond acceptors (Lipinski definition) is 3. The summed E-state index contributed by atoms with van der Waals surface area (Å²) < 4.78 is 5.74. The van der Waals surface area contributed by atoms with Crippen LogP contribution < -0.4 is 0 Å². The summed E-state index contributed by atoms with van der Waals surface area (Å²) in [6.07, 6.45) is 5.37. The predicted octanol–water partition coefficient (Wildman–Crippen LogP) is 3.07. The van der Waals surface area contributed by atoms with Crippen LogP contribution in [0.5, 0.6) is 0 Å². The van der Waals surface area contributed by atoms with Gasteiger partial charge in [-0.05, 0) is 49.9 Å². The van der Waals surface area contributed by atoms with Gasteiger partial charge >= 0.3 is 0 Å². The molecule has 2 fully saturated rings. The lowest BCUT2D eigenvalue weighted by Crippen LogP contribution is -2.48. The highest BCUT2D eigenvalue weighted by molar-refractivity contribution is 6.30. The highest BCUT2D eigenvalue weighted by atomic mass is 35.5. The zero-order chi connectivity index (χ0) is 15.2. The van der Waals surface area contributed by atoms with Crippen LogP contribution in [0.4, 0.5) is 0 Å². The summed E-state index contributed by atoms with van der Waals surface area (Å²) in [4.78, 5) is 5.17. The van der Waals surface area contributed by atoms with Gasteiger partial charge in [-0.1, -0.05) is 23.7 Å². The molecular formula is C18H27ClN2O. The van der Waals surface area contributed by atoms with Crippen molar-refractivity contribution in [3.05, 3.63) is 34.9 Å². The number of piperazine rings is 1. The minimum atomic E-state index is 0.497. The van der Waals surface area contributed by atoms with Gasteiger partial charge in [0.05, 0.1) is 6.10 Å². The molecule has 3 rings (SSSR count). The van der Waals surface area contributed by atoms with Gasteiger partial charge in [0.1, 0.15) is 0 Å². The van der Waals surface area contributed by atoms with Gasteiger partial charge in [-0.3, -0.25) is 4.90 Å². The highest BCUT2D eigenvalue weighted by Gasteiger charge is 2.22. The zero-order valence-corrected chi connectivity index (χ0v) is 14.1. The molecule has 4 heteroatoms. The fourth-order valence-corrected chi connectivity index (χ4v) is 3.56. The standard InChI is InChI=1S/C18H27ClN2O/c19-17-7-5-16(6-8-17)3-1-9-20-10-12-21(13-11-20)15-18-4-2-14-22-18/h5-8,18H,1-4,9-15H2/t18-/m1/s1. The molecule has 2 aliphatic heterocycles. The maximum absolute atomic E-state index is 5.92. The Morgan fingerprint density at radius 2 is 1.77 bits per heavy atom. The van der Waals surface area contributed by atoms with Crippen LogP contribution in [-0.4, -0.2) is 61.8 Å². The third kappa shape index (κ3) is 4.95. The first-order chi connectivity index (χ1) is 10.8. The van der Waals surface area contributed by atoms with Crippen molar-refractivity contribution in [1.82, 2.24) is 9.80 Å². The quantitative estimate of drug-likeness (QED) is 0.800. The molecule has 0 unspecified atom stereocenters. The largest absolute Gasteiger partial charge is 0.377 e. The van der Waals surface area contributed by atoms with Crippen LogP contribution in [0.1, 0.15) is 24.8 Å². The molecule has 2 heterocycles. The van der Waals surface area contributed by atoms with Crippen molar-refractivity contribution in [2.45, 2.75) is 31.8 Å². The van der Waals surface area contributed by atoms with Crippen molar-refractivity contribution in [3.8, 4) is 0 Å². The molecule has 0 aliphatic carbocycles. The Kier molecular flexibility index (Phi) is 6.13. The lowest BCUT2D eigenvalue weighted by atomic mass is 10.1. The van der Waals surface area contributed by atoms with E-state index in [0.717, 1.165) is 24.6 Å². The van der Waals surface area contributed by atoms with Gasteiger partial charge in [0, 0.05) is 44.4 Å². The highest BCUT2D eigenvalue weighted by Crippen LogP contribution is 2.15. The molecule has 0 amide bonds. The minimum Gasteiger partial charge on any atom is -0.377 e. The van der Waals surface area contributed by atoms with Gasteiger partial charge in [0.15, 0.2) is 0 Å². The molecule has 3 nitrogen and oxygen atoms in total.